The number of carbonyl (C=O) groups excluding carboxylic acids is 1. The van der Waals surface area contributed by atoms with E-state index in [9.17, 15) is 9.18 Å². The summed E-state index contributed by atoms with van der Waals surface area (Å²) in [6.45, 7) is 5.60. The molecule has 5 rings (SSSR count). The van der Waals surface area contributed by atoms with Crippen molar-refractivity contribution in [2.24, 2.45) is 0 Å². The Labute approximate surface area is 192 Å². The lowest BCUT2D eigenvalue weighted by atomic mass is 10.1. The summed E-state index contributed by atoms with van der Waals surface area (Å²) < 4.78 is 22.6. The molecular formula is C27H26FN3O2. The number of benzene rings is 3. The number of hydrogen-bond donors (Lipinski definition) is 0. The van der Waals surface area contributed by atoms with Crippen LogP contribution in [0, 0.1) is 19.7 Å². The van der Waals surface area contributed by atoms with E-state index in [1.165, 1.54) is 16.5 Å². The highest BCUT2D eigenvalue weighted by atomic mass is 19.1. The van der Waals surface area contributed by atoms with Gasteiger partial charge in [-0.05, 0) is 49.7 Å². The minimum absolute atomic E-state index is 0.0877. The highest BCUT2D eigenvalue weighted by molar-refractivity contribution is 5.96. The van der Waals surface area contributed by atoms with Crippen LogP contribution >= 0.6 is 0 Å². The predicted octanol–water partition coefficient (Wildman–Crippen LogP) is 5.39. The number of ether oxygens (including phenoxy) is 1. The minimum atomic E-state index is -0.387. The van der Waals surface area contributed by atoms with Crippen LogP contribution in [0.2, 0.25) is 0 Å². The average Bonchev–Trinajstić information content (AvgIpc) is 3.36. The van der Waals surface area contributed by atoms with Gasteiger partial charge >= 0.3 is 0 Å². The number of aryl methyl sites for hydroxylation is 2. The first-order chi connectivity index (χ1) is 16.0. The number of carbonyl (C=O) groups is 1. The first-order valence-electron chi connectivity index (χ1n) is 11.2. The zero-order chi connectivity index (χ0) is 22.9. The predicted molar refractivity (Wildman–Crippen MR) is 127 cm³/mol. The Hall–Kier alpha value is -3.67. The standard InChI is InChI=1S/C27H26FN3O2/c1-18-11-12-25(19(2)15-18)33-14-13-30-24-10-6-4-8-22(24)29-27(30)20-16-26(32)31(17-20)23-9-5-3-7-21(23)28/h3-12,15,20H,13-14,16-17H2,1-2H3/t20-/m0/s1. The number of aromatic nitrogens is 2. The van der Waals surface area contributed by atoms with Gasteiger partial charge in [-0.3, -0.25) is 4.79 Å². The Balaban J connectivity index is 1.41. The second-order valence-electron chi connectivity index (χ2n) is 8.58. The van der Waals surface area contributed by atoms with Crippen molar-refractivity contribution in [1.29, 1.82) is 0 Å². The highest BCUT2D eigenvalue weighted by Gasteiger charge is 2.35. The van der Waals surface area contributed by atoms with E-state index in [1.54, 1.807) is 18.2 Å². The van der Waals surface area contributed by atoms with Crippen LogP contribution in [-0.4, -0.2) is 28.6 Å². The minimum Gasteiger partial charge on any atom is -0.491 e. The summed E-state index contributed by atoms with van der Waals surface area (Å²) in [4.78, 5) is 19.2. The molecule has 3 aromatic carbocycles. The summed E-state index contributed by atoms with van der Waals surface area (Å²) in [6.07, 6.45) is 0.301. The maximum Gasteiger partial charge on any atom is 0.227 e. The van der Waals surface area contributed by atoms with Crippen LogP contribution in [-0.2, 0) is 11.3 Å². The fourth-order valence-corrected chi connectivity index (χ4v) is 4.63. The summed E-state index contributed by atoms with van der Waals surface area (Å²) in [5, 5.41) is 0. The Morgan fingerprint density at radius 1 is 1.06 bits per heavy atom. The van der Waals surface area contributed by atoms with Crippen LogP contribution in [0.4, 0.5) is 10.1 Å². The van der Waals surface area contributed by atoms with E-state index in [1.807, 2.05) is 43.3 Å². The Morgan fingerprint density at radius 2 is 1.85 bits per heavy atom. The van der Waals surface area contributed by atoms with Crippen molar-refractivity contribution >= 4 is 22.6 Å². The largest absolute Gasteiger partial charge is 0.491 e. The Bertz CT molecular complexity index is 1330. The molecule has 1 fully saturated rings. The first kappa shape index (κ1) is 21.2. The molecule has 0 bridgehead atoms. The zero-order valence-corrected chi connectivity index (χ0v) is 18.8. The molecule has 6 heteroatoms. The van der Waals surface area contributed by atoms with Gasteiger partial charge in [-0.25, -0.2) is 9.37 Å². The van der Waals surface area contributed by atoms with Gasteiger partial charge in [0.05, 0.1) is 23.3 Å². The van der Waals surface area contributed by atoms with Gasteiger partial charge < -0.3 is 14.2 Å². The average molecular weight is 444 g/mol. The normalized spacial score (nSPS) is 16.0. The van der Waals surface area contributed by atoms with Gasteiger partial charge in [-0.2, -0.15) is 0 Å². The topological polar surface area (TPSA) is 47.4 Å². The number of nitrogens with zero attached hydrogens (tertiary/aromatic N) is 3. The molecule has 33 heavy (non-hydrogen) atoms. The van der Waals surface area contributed by atoms with Crippen molar-refractivity contribution in [3.05, 3.63) is 89.5 Å². The summed E-state index contributed by atoms with van der Waals surface area (Å²) in [5.41, 5.74) is 4.52. The van der Waals surface area contributed by atoms with Crippen LogP contribution in [0.3, 0.4) is 0 Å². The number of hydrogen-bond acceptors (Lipinski definition) is 3. The van der Waals surface area contributed by atoms with E-state index in [0.29, 0.717) is 31.8 Å². The Kier molecular flexibility index (Phi) is 5.58. The number of anilines is 1. The van der Waals surface area contributed by atoms with Crippen molar-refractivity contribution in [2.75, 3.05) is 18.1 Å². The molecule has 0 N–H and O–H groups in total. The van der Waals surface area contributed by atoms with E-state index < -0.39 is 0 Å². The number of amides is 1. The lowest BCUT2D eigenvalue weighted by Crippen LogP contribution is -2.25. The van der Waals surface area contributed by atoms with E-state index in [-0.39, 0.29) is 17.6 Å². The Morgan fingerprint density at radius 3 is 2.67 bits per heavy atom. The zero-order valence-electron chi connectivity index (χ0n) is 18.8. The molecule has 0 aliphatic carbocycles. The molecule has 1 aliphatic heterocycles. The molecule has 1 aliphatic rings. The molecule has 0 spiro atoms. The molecule has 168 valence electrons. The van der Waals surface area contributed by atoms with Crippen LogP contribution in [0.1, 0.15) is 29.3 Å². The summed E-state index contributed by atoms with van der Waals surface area (Å²) >= 11 is 0. The molecule has 2 heterocycles. The first-order valence-corrected chi connectivity index (χ1v) is 11.2. The van der Waals surface area contributed by atoms with Gasteiger partial charge in [0.2, 0.25) is 5.91 Å². The lowest BCUT2D eigenvalue weighted by molar-refractivity contribution is -0.117. The fourth-order valence-electron chi connectivity index (χ4n) is 4.63. The van der Waals surface area contributed by atoms with Crippen molar-refractivity contribution in [1.82, 2.24) is 9.55 Å². The van der Waals surface area contributed by atoms with Crippen molar-refractivity contribution in [2.45, 2.75) is 32.7 Å². The smallest absolute Gasteiger partial charge is 0.227 e. The van der Waals surface area contributed by atoms with Crippen LogP contribution < -0.4 is 9.64 Å². The molecule has 5 nitrogen and oxygen atoms in total. The molecular weight excluding hydrogens is 417 g/mol. The molecule has 1 amide bonds. The number of halogens is 1. The monoisotopic (exact) mass is 443 g/mol. The van der Waals surface area contributed by atoms with Crippen LogP contribution in [0.25, 0.3) is 11.0 Å². The SMILES string of the molecule is Cc1ccc(OCCn2c([C@H]3CC(=O)N(c4ccccc4F)C3)nc3ccccc32)c(C)c1. The van der Waals surface area contributed by atoms with Crippen molar-refractivity contribution < 1.29 is 13.9 Å². The highest BCUT2D eigenvalue weighted by Crippen LogP contribution is 2.34. The van der Waals surface area contributed by atoms with Crippen LogP contribution in [0.5, 0.6) is 5.75 Å². The number of para-hydroxylation sites is 3. The van der Waals surface area contributed by atoms with Gasteiger partial charge in [0.15, 0.2) is 0 Å². The lowest BCUT2D eigenvalue weighted by Gasteiger charge is -2.18. The molecule has 0 saturated carbocycles. The second kappa shape index (κ2) is 8.70. The third-order valence-corrected chi connectivity index (χ3v) is 6.22. The molecule has 0 unspecified atom stereocenters. The van der Waals surface area contributed by atoms with E-state index in [2.05, 4.69) is 17.6 Å². The molecule has 1 aromatic heterocycles. The summed E-state index contributed by atoms with van der Waals surface area (Å²) in [6, 6.07) is 20.5. The van der Waals surface area contributed by atoms with E-state index in [4.69, 9.17) is 9.72 Å². The van der Waals surface area contributed by atoms with Gasteiger partial charge in [0.1, 0.15) is 24.0 Å². The quantitative estimate of drug-likeness (QED) is 0.401. The molecule has 4 aromatic rings. The number of fused-ring (bicyclic) bond motifs is 1. The summed E-state index contributed by atoms with van der Waals surface area (Å²) in [5.74, 6) is 1.11. The second-order valence-corrected chi connectivity index (χ2v) is 8.58. The van der Waals surface area contributed by atoms with E-state index in [0.717, 1.165) is 28.2 Å². The maximum atomic E-state index is 14.3. The van der Waals surface area contributed by atoms with E-state index >= 15 is 0 Å². The van der Waals surface area contributed by atoms with Gasteiger partial charge in [0.25, 0.3) is 0 Å². The third-order valence-electron chi connectivity index (χ3n) is 6.22. The van der Waals surface area contributed by atoms with Crippen LogP contribution in [0.15, 0.2) is 66.7 Å². The maximum absolute atomic E-state index is 14.3. The summed E-state index contributed by atoms with van der Waals surface area (Å²) in [7, 11) is 0. The molecule has 1 atom stereocenters. The van der Waals surface area contributed by atoms with Crippen molar-refractivity contribution in [3.63, 3.8) is 0 Å². The van der Waals surface area contributed by atoms with Gasteiger partial charge in [-0.1, -0.05) is 42.0 Å². The molecule has 1 saturated heterocycles. The van der Waals surface area contributed by atoms with Gasteiger partial charge in [-0.15, -0.1) is 0 Å². The van der Waals surface area contributed by atoms with Gasteiger partial charge in [0, 0.05) is 18.9 Å². The third kappa shape index (κ3) is 4.09. The number of imidazole rings is 1. The van der Waals surface area contributed by atoms with Crippen molar-refractivity contribution in [3.8, 4) is 5.75 Å². The fraction of sp³-hybridized carbons (Fsp3) is 0.259. The number of rotatable bonds is 6. The molecule has 0 radical (unpaired) electrons.